The van der Waals surface area contributed by atoms with E-state index in [0.717, 1.165) is 0 Å². The maximum atomic E-state index is 12.1. The quantitative estimate of drug-likeness (QED) is 0.587. The minimum atomic E-state index is -3.40. The molecule has 19 heavy (non-hydrogen) atoms. The van der Waals surface area contributed by atoms with Gasteiger partial charge in [-0.2, -0.15) is 0 Å². The molecule has 0 aliphatic rings. The summed E-state index contributed by atoms with van der Waals surface area (Å²) in [5.74, 6) is -0.577. The van der Waals surface area contributed by atoms with Crippen molar-refractivity contribution in [3.05, 3.63) is 30.3 Å². The number of benzene rings is 1. The lowest BCUT2D eigenvalue weighted by Gasteiger charge is -2.17. The van der Waals surface area contributed by atoms with Crippen molar-refractivity contribution < 1.29 is 18.6 Å². The second-order valence-electron chi connectivity index (χ2n) is 4.56. The van der Waals surface area contributed by atoms with E-state index in [1.807, 2.05) is 6.07 Å². The molecule has 0 fully saturated rings. The highest BCUT2D eigenvalue weighted by molar-refractivity contribution is 7.85. The monoisotopic (exact) mass is 304 g/mol. The minimum Gasteiger partial charge on any atom is -0.463 e. The summed E-state index contributed by atoms with van der Waals surface area (Å²) in [4.78, 5) is 11.6. The predicted molar refractivity (Wildman–Crippen MR) is 75.8 cm³/mol. The summed E-state index contributed by atoms with van der Waals surface area (Å²) in [6.07, 6.45) is -0.269. The highest BCUT2D eigenvalue weighted by Gasteiger charge is 2.29. The van der Waals surface area contributed by atoms with Crippen LogP contribution in [0.1, 0.15) is 20.8 Å². The highest BCUT2D eigenvalue weighted by atomic mass is 35.7. The number of esters is 1. The fourth-order valence-electron chi connectivity index (χ4n) is 1.43. The van der Waals surface area contributed by atoms with Crippen molar-refractivity contribution in [1.82, 2.24) is 0 Å². The van der Waals surface area contributed by atoms with Gasteiger partial charge in [0.25, 0.3) is 0 Å². The molecular formula is C13H18ClO4P. The lowest BCUT2D eigenvalue weighted by Crippen LogP contribution is -2.21. The summed E-state index contributed by atoms with van der Waals surface area (Å²) >= 11 is 5.87. The molecule has 0 heterocycles. The topological polar surface area (TPSA) is 52.6 Å². The number of carbonyl (C=O) groups is 1. The molecule has 1 rings (SSSR count). The number of hydrogen-bond donors (Lipinski definition) is 0. The Hall–Kier alpha value is -0.990. The second kappa shape index (κ2) is 6.97. The Morgan fingerprint density at radius 2 is 1.84 bits per heavy atom. The van der Waals surface area contributed by atoms with Crippen molar-refractivity contribution in [3.8, 4) is 5.75 Å². The van der Waals surface area contributed by atoms with Crippen LogP contribution >= 0.6 is 18.0 Å². The largest absolute Gasteiger partial charge is 0.463 e. The van der Waals surface area contributed by atoms with E-state index in [2.05, 4.69) is 0 Å². The summed E-state index contributed by atoms with van der Waals surface area (Å²) in [5, 5.41) is 0. The maximum absolute atomic E-state index is 12.1. The van der Waals surface area contributed by atoms with Gasteiger partial charge in [0.15, 0.2) is 0 Å². The summed E-state index contributed by atoms with van der Waals surface area (Å²) in [6.45, 7) is 1.73. The average Bonchev–Trinajstić information content (AvgIpc) is 2.27. The highest BCUT2D eigenvalue weighted by Crippen LogP contribution is 2.53. The van der Waals surface area contributed by atoms with Crippen LogP contribution in [0, 0.1) is 5.92 Å². The van der Waals surface area contributed by atoms with Gasteiger partial charge in [-0.15, -0.1) is 0 Å². The summed E-state index contributed by atoms with van der Waals surface area (Å²) in [5.41, 5.74) is 0. The van der Waals surface area contributed by atoms with Crippen LogP contribution in [0.4, 0.5) is 0 Å². The Labute approximate surface area is 118 Å². The number of para-hydroxylation sites is 1. The van der Waals surface area contributed by atoms with Crippen molar-refractivity contribution >= 4 is 23.9 Å². The summed E-state index contributed by atoms with van der Waals surface area (Å²) in [7, 11) is 0. The molecule has 2 atom stereocenters. The van der Waals surface area contributed by atoms with Gasteiger partial charge >= 0.3 is 12.7 Å². The van der Waals surface area contributed by atoms with E-state index in [4.69, 9.17) is 20.5 Å². The van der Waals surface area contributed by atoms with E-state index in [9.17, 15) is 9.36 Å². The lowest BCUT2D eigenvalue weighted by molar-refractivity contribution is -0.151. The minimum absolute atomic E-state index is 0.0605. The molecule has 6 heteroatoms. The van der Waals surface area contributed by atoms with Crippen molar-refractivity contribution in [2.45, 2.75) is 26.9 Å². The Morgan fingerprint density at radius 1 is 1.26 bits per heavy atom. The van der Waals surface area contributed by atoms with Crippen LogP contribution in [-0.2, 0) is 14.1 Å². The van der Waals surface area contributed by atoms with Crippen molar-refractivity contribution in [2.24, 2.45) is 5.92 Å². The van der Waals surface area contributed by atoms with Crippen molar-refractivity contribution in [3.63, 3.8) is 0 Å². The molecule has 0 radical (unpaired) electrons. The molecule has 1 unspecified atom stereocenters. The molecule has 0 bridgehead atoms. The second-order valence-corrected chi connectivity index (χ2v) is 7.84. The fourth-order valence-corrected chi connectivity index (χ4v) is 3.60. The van der Waals surface area contributed by atoms with Gasteiger partial charge in [0.2, 0.25) is 0 Å². The third kappa shape index (κ3) is 6.13. The van der Waals surface area contributed by atoms with E-state index >= 15 is 0 Å². The van der Waals surface area contributed by atoms with E-state index in [0.29, 0.717) is 5.75 Å². The van der Waals surface area contributed by atoms with Gasteiger partial charge in [-0.05, 0) is 37.2 Å². The van der Waals surface area contributed by atoms with Crippen LogP contribution in [0.25, 0.3) is 0 Å². The van der Waals surface area contributed by atoms with Crippen LogP contribution in [0.3, 0.4) is 0 Å². The molecule has 0 saturated carbocycles. The zero-order chi connectivity index (χ0) is 14.5. The van der Waals surface area contributed by atoms with Gasteiger partial charge in [0.05, 0.1) is 18.2 Å². The standard InChI is InChI=1S/C13H18ClO4P/c1-10(2)17-13(15)11(3)9-19(14,16)18-12-7-5-4-6-8-12/h4-8,10-11H,9H2,1-3H3/t11-,19?/m1/s1. The van der Waals surface area contributed by atoms with Crippen LogP contribution in [0.5, 0.6) is 5.75 Å². The van der Waals surface area contributed by atoms with E-state index in [1.54, 1.807) is 45.0 Å². The van der Waals surface area contributed by atoms with E-state index in [-0.39, 0.29) is 12.3 Å². The molecular weight excluding hydrogens is 287 g/mol. The normalized spacial score (nSPS) is 15.6. The first-order chi connectivity index (χ1) is 8.80. The SMILES string of the molecule is CC(C)OC(=O)[C@H](C)CP(=O)(Cl)Oc1ccccc1. The fraction of sp³-hybridized carbons (Fsp3) is 0.462. The number of halogens is 1. The average molecular weight is 305 g/mol. The van der Waals surface area contributed by atoms with Crippen LogP contribution in [0.2, 0.25) is 0 Å². The lowest BCUT2D eigenvalue weighted by atomic mass is 10.2. The Balaban J connectivity index is 2.59. The first-order valence-corrected chi connectivity index (χ1v) is 8.75. The van der Waals surface area contributed by atoms with Gasteiger partial charge in [-0.25, -0.2) is 0 Å². The molecule has 0 aromatic heterocycles. The van der Waals surface area contributed by atoms with Gasteiger partial charge in [0, 0.05) is 0 Å². The van der Waals surface area contributed by atoms with Crippen molar-refractivity contribution in [2.75, 3.05) is 6.16 Å². The Bertz CT molecular complexity index is 461. The predicted octanol–water partition coefficient (Wildman–Crippen LogP) is 4.09. The molecule has 0 amide bonds. The van der Waals surface area contributed by atoms with E-state index in [1.165, 1.54) is 0 Å². The number of ether oxygens (including phenoxy) is 1. The molecule has 106 valence electrons. The smallest absolute Gasteiger partial charge is 0.337 e. The number of rotatable bonds is 6. The molecule has 0 aliphatic carbocycles. The zero-order valence-corrected chi connectivity index (χ0v) is 12.9. The molecule has 0 aliphatic heterocycles. The summed E-state index contributed by atoms with van der Waals surface area (Å²) < 4.78 is 22.4. The van der Waals surface area contributed by atoms with Crippen LogP contribution in [0.15, 0.2) is 30.3 Å². The molecule has 1 aromatic rings. The first-order valence-electron chi connectivity index (χ1n) is 6.04. The van der Waals surface area contributed by atoms with Crippen LogP contribution in [-0.4, -0.2) is 18.2 Å². The maximum Gasteiger partial charge on any atom is 0.337 e. The molecule has 1 aromatic carbocycles. The number of carbonyl (C=O) groups excluding carboxylic acids is 1. The molecule has 0 saturated heterocycles. The Kier molecular flexibility index (Phi) is 5.89. The third-order valence-electron chi connectivity index (χ3n) is 2.23. The van der Waals surface area contributed by atoms with E-state index < -0.39 is 18.6 Å². The zero-order valence-electron chi connectivity index (χ0n) is 11.2. The van der Waals surface area contributed by atoms with Gasteiger partial charge in [-0.3, -0.25) is 9.36 Å². The number of hydrogen-bond acceptors (Lipinski definition) is 4. The molecule has 0 N–H and O–H groups in total. The van der Waals surface area contributed by atoms with Gasteiger partial charge < -0.3 is 9.26 Å². The molecule has 0 spiro atoms. The van der Waals surface area contributed by atoms with Gasteiger partial charge in [0.1, 0.15) is 5.75 Å². The van der Waals surface area contributed by atoms with Gasteiger partial charge in [-0.1, -0.05) is 25.1 Å². The summed E-state index contributed by atoms with van der Waals surface area (Å²) in [6, 6.07) is 8.64. The Morgan fingerprint density at radius 3 is 2.37 bits per heavy atom. The molecule has 4 nitrogen and oxygen atoms in total. The third-order valence-corrected chi connectivity index (χ3v) is 4.32. The first kappa shape index (κ1) is 16.1. The van der Waals surface area contributed by atoms with Crippen molar-refractivity contribution in [1.29, 1.82) is 0 Å². The van der Waals surface area contributed by atoms with Crippen LogP contribution < -0.4 is 4.52 Å².